The van der Waals surface area contributed by atoms with Gasteiger partial charge < -0.3 is 15.6 Å². The summed E-state index contributed by atoms with van der Waals surface area (Å²) in [6, 6.07) is 4.22. The van der Waals surface area contributed by atoms with Crippen molar-refractivity contribution in [3.63, 3.8) is 0 Å². The normalized spacial score (nSPS) is 10.2. The average Bonchev–Trinajstić information content (AvgIpc) is 2.65. The molecule has 0 aliphatic rings. The third-order valence-corrected chi connectivity index (χ3v) is 1.78. The van der Waals surface area contributed by atoms with Crippen LogP contribution in [0.5, 0.6) is 0 Å². The molecule has 0 bridgehead atoms. The van der Waals surface area contributed by atoms with Crippen LogP contribution < -0.4 is 11.1 Å². The SMILES string of the molecule is Nc1cc(F)cc(NCc2ncon2)c1. The first-order valence-electron chi connectivity index (χ1n) is 4.29. The number of aromatic nitrogens is 2. The molecule has 0 radical (unpaired) electrons. The lowest BCUT2D eigenvalue weighted by atomic mass is 10.2. The summed E-state index contributed by atoms with van der Waals surface area (Å²) in [5, 5.41) is 6.53. The molecule has 0 unspecified atom stereocenters. The molecule has 1 aromatic heterocycles. The van der Waals surface area contributed by atoms with E-state index in [0.29, 0.717) is 23.7 Å². The molecule has 5 nitrogen and oxygen atoms in total. The van der Waals surface area contributed by atoms with Crippen molar-refractivity contribution in [1.29, 1.82) is 0 Å². The molecule has 0 saturated heterocycles. The zero-order valence-corrected chi connectivity index (χ0v) is 7.77. The average molecular weight is 208 g/mol. The van der Waals surface area contributed by atoms with Crippen LogP contribution in [0.3, 0.4) is 0 Å². The van der Waals surface area contributed by atoms with E-state index in [-0.39, 0.29) is 5.82 Å². The molecule has 78 valence electrons. The van der Waals surface area contributed by atoms with E-state index in [0.717, 1.165) is 0 Å². The molecule has 0 saturated carbocycles. The van der Waals surface area contributed by atoms with Crippen molar-refractivity contribution in [1.82, 2.24) is 10.1 Å². The highest BCUT2D eigenvalue weighted by Crippen LogP contribution is 2.15. The molecule has 0 spiro atoms. The molecule has 0 fully saturated rings. The molecule has 0 atom stereocenters. The summed E-state index contributed by atoms with van der Waals surface area (Å²) in [7, 11) is 0. The van der Waals surface area contributed by atoms with Crippen LogP contribution in [0, 0.1) is 5.82 Å². The lowest BCUT2D eigenvalue weighted by molar-refractivity contribution is 0.411. The Morgan fingerprint density at radius 2 is 2.27 bits per heavy atom. The Morgan fingerprint density at radius 3 is 2.93 bits per heavy atom. The van der Waals surface area contributed by atoms with Crippen LogP contribution in [0.15, 0.2) is 29.1 Å². The van der Waals surface area contributed by atoms with Gasteiger partial charge in [-0.2, -0.15) is 4.98 Å². The minimum Gasteiger partial charge on any atom is -0.399 e. The molecule has 0 amide bonds. The third kappa shape index (κ3) is 2.43. The Labute approximate surface area is 85.1 Å². The van der Waals surface area contributed by atoms with Gasteiger partial charge in [0, 0.05) is 11.4 Å². The smallest absolute Gasteiger partial charge is 0.213 e. The minimum absolute atomic E-state index is 0.361. The molecule has 0 aliphatic carbocycles. The Bertz CT molecular complexity index is 423. The number of nitrogens with zero attached hydrogens (tertiary/aromatic N) is 2. The quantitative estimate of drug-likeness (QED) is 0.745. The summed E-state index contributed by atoms with van der Waals surface area (Å²) < 4.78 is 17.5. The summed E-state index contributed by atoms with van der Waals surface area (Å²) in [5.41, 5.74) is 6.43. The molecule has 1 aromatic carbocycles. The number of nitrogen functional groups attached to an aromatic ring is 1. The summed E-state index contributed by atoms with van der Waals surface area (Å²) >= 11 is 0. The Morgan fingerprint density at radius 1 is 1.40 bits per heavy atom. The van der Waals surface area contributed by atoms with E-state index in [4.69, 9.17) is 5.73 Å². The van der Waals surface area contributed by atoms with Crippen molar-refractivity contribution in [2.24, 2.45) is 0 Å². The van der Waals surface area contributed by atoms with Crippen LogP contribution in [-0.2, 0) is 6.54 Å². The number of hydrogen-bond donors (Lipinski definition) is 2. The third-order valence-electron chi connectivity index (χ3n) is 1.78. The zero-order chi connectivity index (χ0) is 10.7. The van der Waals surface area contributed by atoms with Gasteiger partial charge in [0.25, 0.3) is 0 Å². The first kappa shape index (κ1) is 9.45. The van der Waals surface area contributed by atoms with Gasteiger partial charge in [-0.15, -0.1) is 0 Å². The highest BCUT2D eigenvalue weighted by molar-refractivity contribution is 5.54. The second-order valence-corrected chi connectivity index (χ2v) is 2.97. The van der Waals surface area contributed by atoms with Crippen LogP contribution in [0.25, 0.3) is 0 Å². The fraction of sp³-hybridized carbons (Fsp3) is 0.111. The minimum atomic E-state index is -0.384. The number of hydrogen-bond acceptors (Lipinski definition) is 5. The summed E-state index contributed by atoms with van der Waals surface area (Å²) in [6.45, 7) is 0.361. The lowest BCUT2D eigenvalue weighted by Crippen LogP contribution is -2.02. The fourth-order valence-electron chi connectivity index (χ4n) is 1.17. The monoisotopic (exact) mass is 208 g/mol. The molecule has 3 N–H and O–H groups in total. The van der Waals surface area contributed by atoms with Crippen molar-refractivity contribution in [2.75, 3.05) is 11.1 Å². The fourth-order valence-corrected chi connectivity index (χ4v) is 1.17. The van der Waals surface area contributed by atoms with Gasteiger partial charge in [-0.25, -0.2) is 4.39 Å². The van der Waals surface area contributed by atoms with E-state index in [1.54, 1.807) is 6.07 Å². The van der Waals surface area contributed by atoms with Crippen LogP contribution in [0.2, 0.25) is 0 Å². The van der Waals surface area contributed by atoms with Crippen LogP contribution in [0.1, 0.15) is 5.82 Å². The number of anilines is 2. The maximum Gasteiger partial charge on any atom is 0.213 e. The number of rotatable bonds is 3. The van der Waals surface area contributed by atoms with Gasteiger partial charge in [0.05, 0.1) is 6.54 Å². The first-order chi connectivity index (χ1) is 7.24. The highest BCUT2D eigenvalue weighted by Gasteiger charge is 2.00. The van der Waals surface area contributed by atoms with Crippen molar-refractivity contribution in [3.05, 3.63) is 36.2 Å². The van der Waals surface area contributed by atoms with Crippen LogP contribution in [0.4, 0.5) is 15.8 Å². The van der Waals surface area contributed by atoms with Crippen molar-refractivity contribution < 1.29 is 8.91 Å². The van der Waals surface area contributed by atoms with Gasteiger partial charge >= 0.3 is 0 Å². The Balaban J connectivity index is 2.05. The maximum atomic E-state index is 12.9. The van der Waals surface area contributed by atoms with Gasteiger partial charge in [-0.05, 0) is 18.2 Å². The van der Waals surface area contributed by atoms with E-state index in [2.05, 4.69) is 20.0 Å². The molecule has 1 heterocycles. The molecular weight excluding hydrogens is 199 g/mol. The topological polar surface area (TPSA) is 77.0 Å². The number of halogens is 1. The molecule has 6 heteroatoms. The summed E-state index contributed by atoms with van der Waals surface area (Å²) in [5.74, 6) is 0.114. The van der Waals surface area contributed by atoms with Gasteiger partial charge in [0.1, 0.15) is 5.82 Å². The Kier molecular flexibility index (Phi) is 2.49. The second kappa shape index (κ2) is 3.95. The van der Waals surface area contributed by atoms with Gasteiger partial charge in [-0.3, -0.25) is 0 Å². The second-order valence-electron chi connectivity index (χ2n) is 2.97. The predicted molar refractivity (Wildman–Crippen MR) is 52.4 cm³/mol. The highest BCUT2D eigenvalue weighted by atomic mass is 19.1. The van der Waals surface area contributed by atoms with Gasteiger partial charge in [0.15, 0.2) is 5.82 Å². The molecule has 2 rings (SSSR count). The molecule has 15 heavy (non-hydrogen) atoms. The van der Waals surface area contributed by atoms with E-state index in [9.17, 15) is 4.39 Å². The summed E-state index contributed by atoms with van der Waals surface area (Å²) in [6.07, 6.45) is 1.23. The first-order valence-corrected chi connectivity index (χ1v) is 4.29. The Hall–Kier alpha value is -2.11. The molecule has 0 aliphatic heterocycles. The largest absolute Gasteiger partial charge is 0.399 e. The van der Waals surface area contributed by atoms with Crippen LogP contribution in [-0.4, -0.2) is 10.1 Å². The van der Waals surface area contributed by atoms with E-state index in [1.807, 2.05) is 0 Å². The van der Waals surface area contributed by atoms with Crippen molar-refractivity contribution in [2.45, 2.75) is 6.54 Å². The standard InChI is InChI=1S/C9H9FN4O/c10-6-1-7(11)3-8(2-6)12-4-9-13-5-15-14-9/h1-3,5,12H,4,11H2. The van der Waals surface area contributed by atoms with E-state index < -0.39 is 0 Å². The lowest BCUT2D eigenvalue weighted by Gasteiger charge is -2.04. The molecular formula is C9H9FN4O. The molecule has 2 aromatic rings. The van der Waals surface area contributed by atoms with Gasteiger partial charge in [0.2, 0.25) is 6.39 Å². The predicted octanol–water partition coefficient (Wildman–Crippen LogP) is 1.40. The van der Waals surface area contributed by atoms with E-state index in [1.165, 1.54) is 18.5 Å². The summed E-state index contributed by atoms with van der Waals surface area (Å²) in [4.78, 5) is 3.81. The van der Waals surface area contributed by atoms with E-state index >= 15 is 0 Å². The van der Waals surface area contributed by atoms with Gasteiger partial charge in [-0.1, -0.05) is 5.16 Å². The number of nitrogens with two attached hydrogens (primary N) is 1. The van der Waals surface area contributed by atoms with Crippen molar-refractivity contribution in [3.8, 4) is 0 Å². The zero-order valence-electron chi connectivity index (χ0n) is 7.77. The van der Waals surface area contributed by atoms with Crippen LogP contribution >= 0.6 is 0 Å². The number of nitrogens with one attached hydrogen (secondary N) is 1. The number of benzene rings is 1. The van der Waals surface area contributed by atoms with Crippen molar-refractivity contribution >= 4 is 11.4 Å². The maximum absolute atomic E-state index is 12.9.